The van der Waals surface area contributed by atoms with E-state index in [1.807, 2.05) is 19.1 Å². The zero-order valence-electron chi connectivity index (χ0n) is 14.6. The number of aromatic nitrogens is 1. The summed E-state index contributed by atoms with van der Waals surface area (Å²) in [6.45, 7) is 3.24. The van der Waals surface area contributed by atoms with Gasteiger partial charge in [0.1, 0.15) is 5.69 Å². The maximum atomic E-state index is 13.0. The number of nitrogens with zero attached hydrogens (tertiary/aromatic N) is 1. The molecule has 3 heterocycles. The van der Waals surface area contributed by atoms with Gasteiger partial charge in [-0.25, -0.2) is 0 Å². The quantitative estimate of drug-likeness (QED) is 0.714. The monoisotopic (exact) mass is 375 g/mol. The molecule has 26 heavy (non-hydrogen) atoms. The van der Waals surface area contributed by atoms with Gasteiger partial charge in [-0.05, 0) is 37.8 Å². The molecule has 0 saturated carbocycles. The first-order valence-corrected chi connectivity index (χ1v) is 9.31. The second kappa shape index (κ2) is 6.28. The number of H-pyrrole nitrogens is 1. The van der Waals surface area contributed by atoms with Crippen LogP contribution in [0.4, 0.5) is 0 Å². The van der Waals surface area contributed by atoms with Crippen LogP contribution in [0.25, 0.3) is 10.9 Å². The van der Waals surface area contributed by atoms with E-state index in [0.717, 1.165) is 16.5 Å². The number of hydrogen-bond acceptors (Lipinski definition) is 3. The van der Waals surface area contributed by atoms with Crippen molar-refractivity contribution in [3.8, 4) is 0 Å². The average molecular weight is 376 g/mol. The van der Waals surface area contributed by atoms with E-state index >= 15 is 0 Å². The Labute approximate surface area is 156 Å². The lowest BCUT2D eigenvalue weighted by atomic mass is 9.71. The van der Waals surface area contributed by atoms with E-state index in [1.54, 1.807) is 11.0 Å². The lowest BCUT2D eigenvalue weighted by molar-refractivity contribution is -0.140. The SMILES string of the molecule is Cc1c(C(=O)N2CCC3(CC2)CC(O)CNC3=O)[nH]c2c(Cl)cccc12. The molecule has 7 heteroatoms. The van der Waals surface area contributed by atoms with Gasteiger partial charge in [0, 0.05) is 25.0 Å². The first-order chi connectivity index (χ1) is 12.4. The van der Waals surface area contributed by atoms with Crippen molar-refractivity contribution in [3.05, 3.63) is 34.5 Å². The van der Waals surface area contributed by atoms with Crippen LogP contribution in [0.15, 0.2) is 18.2 Å². The number of aryl methyl sites for hydroxylation is 1. The van der Waals surface area contributed by atoms with Gasteiger partial charge < -0.3 is 20.3 Å². The molecule has 2 amide bonds. The summed E-state index contributed by atoms with van der Waals surface area (Å²) in [5.74, 6) is -0.0649. The molecule has 0 radical (unpaired) electrons. The number of aliphatic hydroxyl groups is 1. The summed E-state index contributed by atoms with van der Waals surface area (Å²) in [4.78, 5) is 30.3. The zero-order chi connectivity index (χ0) is 18.5. The fraction of sp³-hybridized carbons (Fsp3) is 0.474. The van der Waals surface area contributed by atoms with Crippen molar-refractivity contribution in [1.29, 1.82) is 0 Å². The summed E-state index contributed by atoms with van der Waals surface area (Å²) in [6, 6.07) is 5.62. The first-order valence-electron chi connectivity index (χ1n) is 8.94. The van der Waals surface area contributed by atoms with Crippen LogP contribution in [0.1, 0.15) is 35.3 Å². The number of amides is 2. The molecule has 0 aliphatic carbocycles. The molecule has 6 nitrogen and oxygen atoms in total. The zero-order valence-corrected chi connectivity index (χ0v) is 15.4. The maximum absolute atomic E-state index is 13.0. The number of carbonyl (C=O) groups excluding carboxylic acids is 2. The van der Waals surface area contributed by atoms with Crippen LogP contribution in [-0.2, 0) is 4.79 Å². The summed E-state index contributed by atoms with van der Waals surface area (Å²) < 4.78 is 0. The number of aliphatic hydroxyl groups excluding tert-OH is 1. The lowest BCUT2D eigenvalue weighted by Crippen LogP contribution is -2.56. The van der Waals surface area contributed by atoms with E-state index in [-0.39, 0.29) is 11.8 Å². The molecular weight excluding hydrogens is 354 g/mol. The Morgan fingerprint density at radius 3 is 2.77 bits per heavy atom. The minimum atomic E-state index is -0.548. The van der Waals surface area contributed by atoms with E-state index < -0.39 is 11.5 Å². The molecule has 138 valence electrons. The first kappa shape index (κ1) is 17.4. The highest BCUT2D eigenvalue weighted by Gasteiger charge is 2.46. The number of para-hydroxylation sites is 1. The van der Waals surface area contributed by atoms with Crippen molar-refractivity contribution >= 4 is 34.3 Å². The third-order valence-corrected chi connectivity index (χ3v) is 6.19. The molecule has 1 spiro atoms. The largest absolute Gasteiger partial charge is 0.391 e. The van der Waals surface area contributed by atoms with E-state index in [1.165, 1.54) is 0 Å². The summed E-state index contributed by atoms with van der Waals surface area (Å²) in [7, 11) is 0. The van der Waals surface area contributed by atoms with Crippen LogP contribution in [0.5, 0.6) is 0 Å². The molecule has 1 aromatic heterocycles. The number of carbonyl (C=O) groups is 2. The standard InChI is InChI=1S/C19H22ClN3O3/c1-11-13-3-2-4-14(20)16(13)22-15(11)17(25)23-7-5-19(6-8-23)9-12(24)10-21-18(19)26/h2-4,12,22,24H,5-10H2,1H3,(H,21,26). The predicted octanol–water partition coefficient (Wildman–Crippen LogP) is 2.23. The topological polar surface area (TPSA) is 85.4 Å². The Morgan fingerprint density at radius 1 is 1.35 bits per heavy atom. The normalized spacial score (nSPS) is 22.7. The average Bonchev–Trinajstić information content (AvgIpc) is 2.97. The Bertz CT molecular complexity index is 884. The Hall–Kier alpha value is -2.05. The third-order valence-electron chi connectivity index (χ3n) is 5.87. The maximum Gasteiger partial charge on any atom is 0.270 e. The van der Waals surface area contributed by atoms with E-state index in [4.69, 9.17) is 11.6 Å². The molecule has 0 bridgehead atoms. The summed E-state index contributed by atoms with van der Waals surface area (Å²) in [5, 5.41) is 14.3. The summed E-state index contributed by atoms with van der Waals surface area (Å²) in [5.41, 5.74) is 1.67. The van der Waals surface area contributed by atoms with Crippen molar-refractivity contribution in [2.24, 2.45) is 5.41 Å². The number of rotatable bonds is 1. The Kier molecular flexibility index (Phi) is 4.20. The van der Waals surface area contributed by atoms with Crippen molar-refractivity contribution in [2.75, 3.05) is 19.6 Å². The van der Waals surface area contributed by atoms with Gasteiger partial charge in [-0.2, -0.15) is 0 Å². The van der Waals surface area contributed by atoms with Gasteiger partial charge in [-0.1, -0.05) is 23.7 Å². The molecular formula is C19H22ClN3O3. The van der Waals surface area contributed by atoms with Crippen LogP contribution in [0, 0.1) is 12.3 Å². The molecule has 2 saturated heterocycles. The van der Waals surface area contributed by atoms with Crippen molar-refractivity contribution < 1.29 is 14.7 Å². The number of aromatic amines is 1. The third kappa shape index (κ3) is 2.68. The van der Waals surface area contributed by atoms with Crippen LogP contribution < -0.4 is 5.32 Å². The van der Waals surface area contributed by atoms with Gasteiger partial charge >= 0.3 is 0 Å². The van der Waals surface area contributed by atoms with Crippen molar-refractivity contribution in [2.45, 2.75) is 32.3 Å². The van der Waals surface area contributed by atoms with Gasteiger partial charge in [-0.15, -0.1) is 0 Å². The van der Waals surface area contributed by atoms with Gasteiger partial charge in [0.05, 0.1) is 22.1 Å². The number of likely N-dealkylation sites (tertiary alicyclic amines) is 1. The molecule has 2 aromatic rings. The lowest BCUT2D eigenvalue weighted by Gasteiger charge is -2.44. The highest BCUT2D eigenvalue weighted by Crippen LogP contribution is 2.39. The summed E-state index contributed by atoms with van der Waals surface area (Å²) >= 11 is 6.24. The minimum Gasteiger partial charge on any atom is -0.391 e. The van der Waals surface area contributed by atoms with Crippen LogP contribution in [-0.4, -0.2) is 52.5 Å². The van der Waals surface area contributed by atoms with Gasteiger partial charge in [0.2, 0.25) is 5.91 Å². The predicted molar refractivity (Wildman–Crippen MR) is 99.2 cm³/mol. The van der Waals surface area contributed by atoms with Crippen LogP contribution in [0.2, 0.25) is 5.02 Å². The highest BCUT2D eigenvalue weighted by molar-refractivity contribution is 6.35. The molecule has 2 aliphatic rings. The minimum absolute atomic E-state index is 0.00322. The molecule has 2 aliphatic heterocycles. The molecule has 1 unspecified atom stereocenters. The second-order valence-electron chi connectivity index (χ2n) is 7.43. The fourth-order valence-corrected chi connectivity index (χ4v) is 4.49. The van der Waals surface area contributed by atoms with Gasteiger partial charge in [-0.3, -0.25) is 9.59 Å². The second-order valence-corrected chi connectivity index (χ2v) is 7.84. The highest BCUT2D eigenvalue weighted by atomic mass is 35.5. The Morgan fingerprint density at radius 2 is 2.08 bits per heavy atom. The fourth-order valence-electron chi connectivity index (χ4n) is 4.27. The van der Waals surface area contributed by atoms with Crippen LogP contribution >= 0.6 is 11.6 Å². The van der Waals surface area contributed by atoms with E-state index in [0.29, 0.717) is 49.6 Å². The number of fused-ring (bicyclic) bond motifs is 1. The molecule has 3 N–H and O–H groups in total. The number of β-amino-alcohol motifs (C(OH)–C–C–N with tert-alkyl or cyclic N) is 1. The molecule has 1 aromatic carbocycles. The number of nitrogens with one attached hydrogen (secondary N) is 2. The smallest absolute Gasteiger partial charge is 0.270 e. The van der Waals surface area contributed by atoms with E-state index in [2.05, 4.69) is 10.3 Å². The number of halogens is 1. The Balaban J connectivity index is 1.55. The number of hydrogen-bond donors (Lipinski definition) is 3. The van der Waals surface area contributed by atoms with Crippen molar-refractivity contribution in [1.82, 2.24) is 15.2 Å². The summed E-state index contributed by atoms with van der Waals surface area (Å²) in [6.07, 6.45) is 1.11. The molecule has 2 fully saturated rings. The van der Waals surface area contributed by atoms with Crippen molar-refractivity contribution in [3.63, 3.8) is 0 Å². The van der Waals surface area contributed by atoms with Gasteiger partial charge in [0.25, 0.3) is 5.91 Å². The van der Waals surface area contributed by atoms with Crippen LogP contribution in [0.3, 0.4) is 0 Å². The van der Waals surface area contributed by atoms with E-state index in [9.17, 15) is 14.7 Å². The number of benzene rings is 1. The molecule has 4 rings (SSSR count). The van der Waals surface area contributed by atoms with Gasteiger partial charge in [0.15, 0.2) is 0 Å². The molecule has 1 atom stereocenters. The number of piperidine rings is 2.